The SMILES string of the molecule is Cc1ccccc1N1CCC2(CC1)CC2NC(=O)[C@H](O)[C@@H](O)C(=O)N1CCCC1. The van der Waals surface area contributed by atoms with Crippen molar-refractivity contribution in [1.82, 2.24) is 10.2 Å². The van der Waals surface area contributed by atoms with Crippen LogP contribution in [0.5, 0.6) is 0 Å². The van der Waals surface area contributed by atoms with Gasteiger partial charge in [0.2, 0.25) is 0 Å². The number of piperidine rings is 1. The van der Waals surface area contributed by atoms with Crippen LogP contribution in [0.1, 0.15) is 37.7 Å². The summed E-state index contributed by atoms with van der Waals surface area (Å²) in [5.41, 5.74) is 2.62. The summed E-state index contributed by atoms with van der Waals surface area (Å²) in [5, 5.41) is 23.2. The molecule has 1 spiro atoms. The number of aliphatic hydroxyl groups excluding tert-OH is 2. The van der Waals surface area contributed by atoms with Gasteiger partial charge in [0.05, 0.1) is 0 Å². The van der Waals surface area contributed by atoms with Gasteiger partial charge in [-0.05, 0) is 56.1 Å². The van der Waals surface area contributed by atoms with Crippen LogP contribution in [0.3, 0.4) is 0 Å². The number of aliphatic hydroxyl groups is 2. The molecule has 158 valence electrons. The first-order chi connectivity index (χ1) is 13.9. The van der Waals surface area contributed by atoms with Crippen LogP contribution in [0, 0.1) is 12.3 Å². The van der Waals surface area contributed by atoms with Gasteiger partial charge in [-0.3, -0.25) is 9.59 Å². The van der Waals surface area contributed by atoms with E-state index in [-0.39, 0.29) is 11.5 Å². The second-order valence-corrected chi connectivity index (χ2v) is 8.82. The highest BCUT2D eigenvalue weighted by atomic mass is 16.3. The number of benzene rings is 1. The standard InChI is InChI=1S/C22H31N3O4/c1-15-6-2-3-7-16(15)24-12-8-22(9-13-24)14-17(22)23-20(28)18(26)19(27)21(29)25-10-4-5-11-25/h2-3,6-7,17-19,26-27H,4-5,8-14H2,1H3,(H,23,28)/t17?,18-,19-/m1/s1. The molecule has 4 rings (SSSR count). The number of hydrogen-bond donors (Lipinski definition) is 3. The molecule has 1 aromatic rings. The molecule has 7 heteroatoms. The number of hydrogen-bond acceptors (Lipinski definition) is 5. The lowest BCUT2D eigenvalue weighted by Crippen LogP contribution is -2.51. The van der Waals surface area contributed by atoms with Crippen LogP contribution >= 0.6 is 0 Å². The lowest BCUT2D eigenvalue weighted by atomic mass is 9.92. The summed E-state index contributed by atoms with van der Waals surface area (Å²) in [6.45, 7) is 5.16. The van der Waals surface area contributed by atoms with Gasteiger partial charge in [-0.2, -0.15) is 0 Å². The molecule has 0 bridgehead atoms. The molecule has 1 saturated carbocycles. The largest absolute Gasteiger partial charge is 0.380 e. The average Bonchev–Trinajstić information content (AvgIpc) is 3.13. The Morgan fingerprint density at radius 2 is 1.72 bits per heavy atom. The first kappa shape index (κ1) is 20.2. The van der Waals surface area contributed by atoms with E-state index in [1.807, 2.05) is 6.07 Å². The van der Waals surface area contributed by atoms with Crippen molar-refractivity contribution in [3.63, 3.8) is 0 Å². The van der Waals surface area contributed by atoms with Crippen LogP contribution < -0.4 is 10.2 Å². The second-order valence-electron chi connectivity index (χ2n) is 8.82. The topological polar surface area (TPSA) is 93.1 Å². The Kier molecular flexibility index (Phi) is 5.53. The highest BCUT2D eigenvalue weighted by Crippen LogP contribution is 2.54. The van der Waals surface area contributed by atoms with Crippen molar-refractivity contribution in [2.45, 2.75) is 57.3 Å². The normalized spacial score (nSPS) is 25.0. The molecule has 3 aliphatic rings. The number of rotatable bonds is 5. The Bertz CT molecular complexity index is 769. The minimum atomic E-state index is -1.71. The van der Waals surface area contributed by atoms with Crippen molar-refractivity contribution >= 4 is 17.5 Å². The summed E-state index contributed by atoms with van der Waals surface area (Å²) in [4.78, 5) is 28.5. The van der Waals surface area contributed by atoms with Crippen LogP contribution in [0.2, 0.25) is 0 Å². The maximum Gasteiger partial charge on any atom is 0.254 e. The highest BCUT2D eigenvalue weighted by Gasteiger charge is 2.56. The molecule has 3 N–H and O–H groups in total. The fourth-order valence-corrected chi connectivity index (χ4v) is 4.88. The predicted molar refractivity (Wildman–Crippen MR) is 109 cm³/mol. The van der Waals surface area contributed by atoms with Gasteiger partial charge in [0.1, 0.15) is 0 Å². The molecule has 1 aliphatic carbocycles. The molecule has 2 aliphatic heterocycles. The van der Waals surface area contributed by atoms with Crippen molar-refractivity contribution < 1.29 is 19.8 Å². The molecular formula is C22H31N3O4. The molecule has 2 amide bonds. The Morgan fingerprint density at radius 3 is 2.38 bits per heavy atom. The molecule has 3 atom stereocenters. The van der Waals surface area contributed by atoms with Crippen molar-refractivity contribution in [2.24, 2.45) is 5.41 Å². The van der Waals surface area contributed by atoms with E-state index < -0.39 is 24.0 Å². The van der Waals surface area contributed by atoms with Gasteiger partial charge < -0.3 is 25.3 Å². The maximum atomic E-state index is 12.4. The molecule has 3 fully saturated rings. The van der Waals surface area contributed by atoms with Crippen LogP contribution in [0.25, 0.3) is 0 Å². The van der Waals surface area contributed by atoms with E-state index in [2.05, 4.69) is 35.3 Å². The molecule has 1 aromatic carbocycles. The second kappa shape index (κ2) is 7.95. The quantitative estimate of drug-likeness (QED) is 0.679. The first-order valence-corrected chi connectivity index (χ1v) is 10.7. The lowest BCUT2D eigenvalue weighted by molar-refractivity contribution is -0.152. The summed E-state index contributed by atoms with van der Waals surface area (Å²) < 4.78 is 0. The molecule has 29 heavy (non-hydrogen) atoms. The van der Waals surface area contributed by atoms with E-state index in [4.69, 9.17) is 0 Å². The number of carbonyl (C=O) groups excluding carboxylic acids is 2. The summed E-state index contributed by atoms with van der Waals surface area (Å²) in [7, 11) is 0. The fourth-order valence-electron chi connectivity index (χ4n) is 4.88. The van der Waals surface area contributed by atoms with Gasteiger partial charge >= 0.3 is 0 Å². The van der Waals surface area contributed by atoms with E-state index >= 15 is 0 Å². The molecule has 2 heterocycles. The van der Waals surface area contributed by atoms with Gasteiger partial charge in [-0.1, -0.05) is 18.2 Å². The number of nitrogens with one attached hydrogen (secondary N) is 1. The van der Waals surface area contributed by atoms with E-state index in [9.17, 15) is 19.8 Å². The van der Waals surface area contributed by atoms with E-state index in [1.165, 1.54) is 16.2 Å². The zero-order chi connectivity index (χ0) is 20.6. The van der Waals surface area contributed by atoms with Gasteiger partial charge in [-0.25, -0.2) is 0 Å². The van der Waals surface area contributed by atoms with Crippen molar-refractivity contribution in [3.05, 3.63) is 29.8 Å². The lowest BCUT2D eigenvalue weighted by Gasteiger charge is -2.35. The zero-order valence-electron chi connectivity index (χ0n) is 17.0. The third-order valence-electron chi connectivity index (χ3n) is 6.96. The smallest absolute Gasteiger partial charge is 0.254 e. The first-order valence-electron chi connectivity index (χ1n) is 10.7. The van der Waals surface area contributed by atoms with Gasteiger partial charge in [0.25, 0.3) is 11.8 Å². The Hall–Kier alpha value is -2.12. The maximum absolute atomic E-state index is 12.4. The summed E-state index contributed by atoms with van der Waals surface area (Å²) >= 11 is 0. The molecule has 0 radical (unpaired) electrons. The number of anilines is 1. The van der Waals surface area contributed by atoms with Crippen molar-refractivity contribution in [2.75, 3.05) is 31.1 Å². The predicted octanol–water partition coefficient (Wildman–Crippen LogP) is 0.814. The Morgan fingerprint density at radius 1 is 1.07 bits per heavy atom. The Balaban J connectivity index is 1.28. The van der Waals surface area contributed by atoms with E-state index in [0.717, 1.165) is 45.2 Å². The third kappa shape index (κ3) is 3.98. The minimum Gasteiger partial charge on any atom is -0.380 e. The summed E-state index contributed by atoms with van der Waals surface area (Å²) in [6.07, 6.45) is 1.24. The fraction of sp³-hybridized carbons (Fsp3) is 0.636. The number of amides is 2. The van der Waals surface area contributed by atoms with Crippen LogP contribution in [0.15, 0.2) is 24.3 Å². The number of nitrogens with zero attached hydrogens (tertiary/aromatic N) is 2. The van der Waals surface area contributed by atoms with Crippen LogP contribution in [0.4, 0.5) is 5.69 Å². The average molecular weight is 402 g/mol. The molecule has 1 unspecified atom stereocenters. The third-order valence-corrected chi connectivity index (χ3v) is 6.96. The van der Waals surface area contributed by atoms with Gasteiger partial charge in [0, 0.05) is 37.9 Å². The number of para-hydroxylation sites is 1. The number of likely N-dealkylation sites (tertiary alicyclic amines) is 1. The van der Waals surface area contributed by atoms with Gasteiger partial charge in [-0.15, -0.1) is 0 Å². The highest BCUT2D eigenvalue weighted by molar-refractivity contribution is 5.91. The zero-order valence-corrected chi connectivity index (χ0v) is 17.0. The van der Waals surface area contributed by atoms with Gasteiger partial charge in [0.15, 0.2) is 12.2 Å². The Labute approximate surface area is 171 Å². The summed E-state index contributed by atoms with van der Waals surface area (Å²) in [6, 6.07) is 8.39. The van der Waals surface area contributed by atoms with Crippen LogP contribution in [-0.4, -0.2) is 71.4 Å². The van der Waals surface area contributed by atoms with E-state index in [0.29, 0.717) is 13.1 Å². The van der Waals surface area contributed by atoms with Crippen LogP contribution in [-0.2, 0) is 9.59 Å². The van der Waals surface area contributed by atoms with E-state index in [1.54, 1.807) is 0 Å². The summed E-state index contributed by atoms with van der Waals surface area (Å²) in [5.74, 6) is -1.20. The molecular weight excluding hydrogens is 370 g/mol. The number of aryl methyl sites for hydroxylation is 1. The molecule has 0 aromatic heterocycles. The van der Waals surface area contributed by atoms with Crippen molar-refractivity contribution in [3.8, 4) is 0 Å². The monoisotopic (exact) mass is 401 g/mol. The molecule has 2 saturated heterocycles. The minimum absolute atomic E-state index is 0.0118. The molecule has 7 nitrogen and oxygen atoms in total. The van der Waals surface area contributed by atoms with Crippen molar-refractivity contribution in [1.29, 1.82) is 0 Å². The number of carbonyl (C=O) groups is 2.